The molecule has 0 bridgehead atoms. The van der Waals surface area contributed by atoms with Gasteiger partial charge in [0.25, 0.3) is 0 Å². The maximum Gasteiger partial charge on any atom is 0.145 e. The average molecular weight is 220 g/mol. The summed E-state index contributed by atoms with van der Waals surface area (Å²) >= 11 is 0. The molecule has 0 spiro atoms. The van der Waals surface area contributed by atoms with Gasteiger partial charge >= 0.3 is 0 Å². The van der Waals surface area contributed by atoms with E-state index in [4.69, 9.17) is 9.47 Å². The molecule has 1 aliphatic rings. The molecule has 0 N–H and O–H groups in total. The second-order valence-corrected chi connectivity index (χ2v) is 4.15. The zero-order chi connectivity index (χ0) is 11.4. The zero-order valence-corrected chi connectivity index (χ0v) is 9.39. The number of hydrogen-bond acceptors (Lipinski definition) is 3. The molecule has 1 aromatic carbocycles. The van der Waals surface area contributed by atoms with Gasteiger partial charge in [0, 0.05) is 6.42 Å². The lowest BCUT2D eigenvalue weighted by Gasteiger charge is -2.26. The van der Waals surface area contributed by atoms with Gasteiger partial charge in [-0.2, -0.15) is 0 Å². The lowest BCUT2D eigenvalue weighted by atomic mass is 9.98. The number of hydrogen-bond donors (Lipinski definition) is 0. The topological polar surface area (TPSA) is 35.5 Å². The van der Waals surface area contributed by atoms with Crippen molar-refractivity contribution in [1.82, 2.24) is 0 Å². The monoisotopic (exact) mass is 220 g/mol. The number of aldehydes is 1. The van der Waals surface area contributed by atoms with E-state index in [1.165, 1.54) is 5.56 Å². The molecular weight excluding hydrogens is 204 g/mol. The first kappa shape index (κ1) is 11.1. The molecule has 3 nitrogen and oxygen atoms in total. The predicted octanol–water partition coefficient (Wildman–Crippen LogP) is 2.16. The van der Waals surface area contributed by atoms with Crippen molar-refractivity contribution in [1.29, 1.82) is 0 Å². The Morgan fingerprint density at radius 1 is 1.44 bits per heavy atom. The molecule has 86 valence electrons. The first-order valence-corrected chi connectivity index (χ1v) is 5.57. The molecule has 0 aromatic heterocycles. The Labute approximate surface area is 95.4 Å². The number of carbonyl (C=O) groups excluding carboxylic acids is 1. The van der Waals surface area contributed by atoms with E-state index in [1.54, 1.807) is 0 Å². The number of carbonyl (C=O) groups is 1. The van der Waals surface area contributed by atoms with E-state index in [9.17, 15) is 4.79 Å². The summed E-state index contributed by atoms with van der Waals surface area (Å²) in [5.74, 6) is 1.15. The fourth-order valence-corrected chi connectivity index (χ4v) is 1.63. The molecule has 3 heteroatoms. The molecule has 1 saturated heterocycles. The first-order valence-electron chi connectivity index (χ1n) is 5.57. The van der Waals surface area contributed by atoms with E-state index in [2.05, 4.69) is 0 Å². The average Bonchev–Trinajstić information content (AvgIpc) is 2.25. The van der Waals surface area contributed by atoms with E-state index in [0.717, 1.165) is 12.0 Å². The molecule has 16 heavy (non-hydrogen) atoms. The second kappa shape index (κ2) is 5.12. The lowest BCUT2D eigenvalue weighted by Crippen LogP contribution is -2.38. The lowest BCUT2D eigenvalue weighted by molar-refractivity contribution is -0.108. The zero-order valence-electron chi connectivity index (χ0n) is 9.39. The maximum atomic E-state index is 10.4. The SMILES string of the molecule is CC(CC=O)c1ccc(OC2COC2)cc1. The van der Waals surface area contributed by atoms with Crippen LogP contribution < -0.4 is 4.74 Å². The number of ether oxygens (including phenoxy) is 2. The highest BCUT2D eigenvalue weighted by Crippen LogP contribution is 2.22. The van der Waals surface area contributed by atoms with Crippen molar-refractivity contribution in [2.75, 3.05) is 13.2 Å². The quantitative estimate of drug-likeness (QED) is 0.713. The van der Waals surface area contributed by atoms with Gasteiger partial charge in [0.2, 0.25) is 0 Å². The van der Waals surface area contributed by atoms with Crippen molar-refractivity contribution in [3.63, 3.8) is 0 Å². The molecule has 1 heterocycles. The fourth-order valence-electron chi connectivity index (χ4n) is 1.63. The Morgan fingerprint density at radius 3 is 2.62 bits per heavy atom. The Balaban J connectivity index is 1.95. The smallest absolute Gasteiger partial charge is 0.145 e. The van der Waals surface area contributed by atoms with Crippen molar-refractivity contribution in [2.45, 2.75) is 25.4 Å². The van der Waals surface area contributed by atoms with E-state index in [1.807, 2.05) is 31.2 Å². The standard InChI is InChI=1S/C13H16O3/c1-10(6-7-14)11-2-4-12(5-3-11)16-13-8-15-9-13/h2-5,7,10,13H,6,8-9H2,1H3. The molecule has 1 aromatic rings. The summed E-state index contributed by atoms with van der Waals surface area (Å²) in [5.41, 5.74) is 1.17. The largest absolute Gasteiger partial charge is 0.486 e. The third kappa shape index (κ3) is 2.61. The van der Waals surface area contributed by atoms with Gasteiger partial charge in [0.05, 0.1) is 13.2 Å². The van der Waals surface area contributed by atoms with Gasteiger partial charge in [-0.25, -0.2) is 0 Å². The molecule has 1 fully saturated rings. The third-order valence-electron chi connectivity index (χ3n) is 2.81. The van der Waals surface area contributed by atoms with Gasteiger partial charge in [-0.15, -0.1) is 0 Å². The van der Waals surface area contributed by atoms with Gasteiger partial charge in [0.15, 0.2) is 0 Å². The van der Waals surface area contributed by atoms with E-state index in [-0.39, 0.29) is 12.0 Å². The molecule has 0 saturated carbocycles. The fraction of sp³-hybridized carbons (Fsp3) is 0.462. The summed E-state index contributed by atoms with van der Waals surface area (Å²) in [6, 6.07) is 7.94. The Kier molecular flexibility index (Phi) is 3.57. The van der Waals surface area contributed by atoms with Crippen LogP contribution in [-0.4, -0.2) is 25.6 Å². The van der Waals surface area contributed by atoms with Crippen LogP contribution in [0.25, 0.3) is 0 Å². The van der Waals surface area contributed by atoms with Crippen LogP contribution in [0, 0.1) is 0 Å². The van der Waals surface area contributed by atoms with Crippen LogP contribution in [0.3, 0.4) is 0 Å². The van der Waals surface area contributed by atoms with Crippen LogP contribution in [0.5, 0.6) is 5.75 Å². The van der Waals surface area contributed by atoms with E-state index < -0.39 is 0 Å². The Bertz CT molecular complexity index is 341. The van der Waals surface area contributed by atoms with E-state index in [0.29, 0.717) is 19.6 Å². The molecule has 0 amide bonds. The maximum absolute atomic E-state index is 10.4. The van der Waals surface area contributed by atoms with Crippen molar-refractivity contribution in [3.8, 4) is 5.75 Å². The van der Waals surface area contributed by atoms with Crippen LogP contribution in [0.15, 0.2) is 24.3 Å². The third-order valence-corrected chi connectivity index (χ3v) is 2.81. The molecule has 0 radical (unpaired) electrons. The van der Waals surface area contributed by atoms with Crippen LogP contribution in [-0.2, 0) is 9.53 Å². The van der Waals surface area contributed by atoms with Crippen molar-refractivity contribution in [2.24, 2.45) is 0 Å². The van der Waals surface area contributed by atoms with Gasteiger partial charge in [0.1, 0.15) is 18.1 Å². The predicted molar refractivity (Wildman–Crippen MR) is 60.8 cm³/mol. The summed E-state index contributed by atoms with van der Waals surface area (Å²) in [6.45, 7) is 3.41. The van der Waals surface area contributed by atoms with Gasteiger partial charge in [-0.05, 0) is 23.6 Å². The summed E-state index contributed by atoms with van der Waals surface area (Å²) in [4.78, 5) is 10.4. The highest BCUT2D eigenvalue weighted by atomic mass is 16.6. The Hall–Kier alpha value is -1.35. The first-order chi connectivity index (χ1) is 7.79. The van der Waals surface area contributed by atoms with Crippen LogP contribution >= 0.6 is 0 Å². The molecule has 1 aliphatic heterocycles. The minimum atomic E-state index is 0.207. The molecular formula is C13H16O3. The number of benzene rings is 1. The highest BCUT2D eigenvalue weighted by molar-refractivity contribution is 5.51. The summed E-state index contributed by atoms with van der Waals surface area (Å²) in [6.07, 6.45) is 1.73. The van der Waals surface area contributed by atoms with E-state index >= 15 is 0 Å². The van der Waals surface area contributed by atoms with Crippen molar-refractivity contribution in [3.05, 3.63) is 29.8 Å². The normalized spacial score (nSPS) is 17.6. The highest BCUT2D eigenvalue weighted by Gasteiger charge is 2.19. The van der Waals surface area contributed by atoms with Gasteiger partial charge in [-0.3, -0.25) is 0 Å². The summed E-state index contributed by atoms with van der Waals surface area (Å²) in [5, 5.41) is 0. The van der Waals surface area contributed by atoms with Crippen LogP contribution in [0.4, 0.5) is 0 Å². The summed E-state index contributed by atoms with van der Waals surface area (Å²) < 4.78 is 10.7. The van der Waals surface area contributed by atoms with Gasteiger partial charge in [-0.1, -0.05) is 19.1 Å². The Morgan fingerprint density at radius 2 is 2.12 bits per heavy atom. The second-order valence-electron chi connectivity index (χ2n) is 4.15. The van der Waals surface area contributed by atoms with Crippen LogP contribution in [0.2, 0.25) is 0 Å². The minimum absolute atomic E-state index is 0.207. The molecule has 2 rings (SSSR count). The van der Waals surface area contributed by atoms with Crippen molar-refractivity contribution >= 4 is 6.29 Å². The number of rotatable bonds is 5. The molecule has 0 aliphatic carbocycles. The summed E-state index contributed by atoms with van der Waals surface area (Å²) in [7, 11) is 0. The van der Waals surface area contributed by atoms with Gasteiger partial charge < -0.3 is 14.3 Å². The van der Waals surface area contributed by atoms with Crippen LogP contribution in [0.1, 0.15) is 24.8 Å². The van der Waals surface area contributed by atoms with Crippen molar-refractivity contribution < 1.29 is 14.3 Å². The molecule has 1 unspecified atom stereocenters. The molecule has 1 atom stereocenters. The minimum Gasteiger partial charge on any atom is -0.486 e.